The van der Waals surface area contributed by atoms with Gasteiger partial charge in [-0.05, 0) is 11.6 Å². The second-order valence-corrected chi connectivity index (χ2v) is 5.11. The zero-order valence-electron chi connectivity index (χ0n) is 12.6. The molecule has 24 heavy (non-hydrogen) atoms. The molecule has 0 aliphatic heterocycles. The summed E-state index contributed by atoms with van der Waals surface area (Å²) in [6, 6.07) is 17.2. The summed E-state index contributed by atoms with van der Waals surface area (Å²) in [7, 11) is 0. The fourth-order valence-electron chi connectivity index (χ4n) is 2.30. The molecule has 120 valence electrons. The maximum Gasteiger partial charge on any atom is 0.282 e. The van der Waals surface area contributed by atoms with Crippen LogP contribution < -0.4 is 5.32 Å². The van der Waals surface area contributed by atoms with E-state index in [1.807, 2.05) is 30.3 Å². The maximum absolute atomic E-state index is 12.2. The number of carbonyl (C=O) groups is 1. The van der Waals surface area contributed by atoms with Crippen molar-refractivity contribution in [3.63, 3.8) is 0 Å². The molecule has 0 aliphatic carbocycles. The average Bonchev–Trinajstić information content (AvgIpc) is 3.02. The van der Waals surface area contributed by atoms with Crippen LogP contribution in [-0.4, -0.2) is 20.6 Å². The van der Waals surface area contributed by atoms with Gasteiger partial charge in [0.05, 0.1) is 11.5 Å². The summed E-state index contributed by atoms with van der Waals surface area (Å²) < 4.78 is 1.68. The number of benzene rings is 2. The van der Waals surface area contributed by atoms with Crippen LogP contribution in [0.3, 0.4) is 0 Å². The molecule has 0 saturated carbocycles. The molecule has 1 amide bonds. The number of nitrogens with one attached hydrogen (secondary N) is 1. The van der Waals surface area contributed by atoms with E-state index in [0.717, 1.165) is 5.56 Å². The highest BCUT2D eigenvalue weighted by atomic mass is 16.6. The Morgan fingerprint density at radius 1 is 1.08 bits per heavy atom. The standard InChI is InChI=1S/C17H14N4O3/c22-17(14-8-4-5-9-15(14)21(23)24)18-16-10-11-20(19-16)12-13-6-2-1-3-7-13/h1-11H,12H2,(H,18,19,22). The number of nitro groups is 1. The van der Waals surface area contributed by atoms with Gasteiger partial charge in [0.15, 0.2) is 5.82 Å². The Kier molecular flexibility index (Phi) is 4.33. The highest BCUT2D eigenvalue weighted by Crippen LogP contribution is 2.19. The maximum atomic E-state index is 12.2. The SMILES string of the molecule is O=C(Nc1ccn(Cc2ccccc2)n1)c1ccccc1[N+](=O)[O-]. The number of hydrogen-bond donors (Lipinski definition) is 1. The normalized spacial score (nSPS) is 10.3. The number of amides is 1. The molecule has 7 nitrogen and oxygen atoms in total. The van der Waals surface area contributed by atoms with Crippen LogP contribution in [-0.2, 0) is 6.54 Å². The van der Waals surface area contributed by atoms with Crippen molar-refractivity contribution in [2.75, 3.05) is 5.32 Å². The lowest BCUT2D eigenvalue weighted by atomic mass is 10.1. The fourth-order valence-corrected chi connectivity index (χ4v) is 2.30. The number of nitro benzene ring substituents is 1. The largest absolute Gasteiger partial charge is 0.305 e. The Bertz CT molecular complexity index is 874. The zero-order chi connectivity index (χ0) is 16.9. The second-order valence-electron chi connectivity index (χ2n) is 5.11. The Morgan fingerprint density at radius 2 is 1.79 bits per heavy atom. The van der Waals surface area contributed by atoms with Crippen LogP contribution in [0.15, 0.2) is 66.9 Å². The Labute approximate surface area is 137 Å². The molecule has 0 atom stereocenters. The fraction of sp³-hybridized carbons (Fsp3) is 0.0588. The van der Waals surface area contributed by atoms with E-state index in [-0.39, 0.29) is 11.3 Å². The van der Waals surface area contributed by atoms with Gasteiger partial charge in [0.2, 0.25) is 0 Å². The first-order valence-corrected chi connectivity index (χ1v) is 7.25. The molecule has 0 bridgehead atoms. The first kappa shape index (κ1) is 15.4. The van der Waals surface area contributed by atoms with Crippen molar-refractivity contribution >= 4 is 17.4 Å². The third-order valence-corrected chi connectivity index (χ3v) is 3.42. The van der Waals surface area contributed by atoms with Crippen molar-refractivity contribution in [2.45, 2.75) is 6.54 Å². The van der Waals surface area contributed by atoms with Crippen LogP contribution in [0.5, 0.6) is 0 Å². The summed E-state index contributed by atoms with van der Waals surface area (Å²) in [5.74, 6) is -0.221. The summed E-state index contributed by atoms with van der Waals surface area (Å²) >= 11 is 0. The molecule has 3 rings (SSSR count). The minimum atomic E-state index is -0.580. The smallest absolute Gasteiger partial charge is 0.282 e. The quantitative estimate of drug-likeness (QED) is 0.577. The highest BCUT2D eigenvalue weighted by molar-refractivity contribution is 6.06. The van der Waals surface area contributed by atoms with E-state index in [2.05, 4.69) is 10.4 Å². The molecule has 2 aromatic carbocycles. The lowest BCUT2D eigenvalue weighted by Crippen LogP contribution is -2.14. The summed E-state index contributed by atoms with van der Waals surface area (Å²) in [4.78, 5) is 22.7. The minimum Gasteiger partial charge on any atom is -0.305 e. The predicted octanol–water partition coefficient (Wildman–Crippen LogP) is 3.09. The van der Waals surface area contributed by atoms with Gasteiger partial charge in [0, 0.05) is 18.3 Å². The van der Waals surface area contributed by atoms with Gasteiger partial charge in [-0.15, -0.1) is 0 Å². The van der Waals surface area contributed by atoms with Crippen LogP contribution in [0.1, 0.15) is 15.9 Å². The van der Waals surface area contributed by atoms with E-state index in [9.17, 15) is 14.9 Å². The van der Waals surface area contributed by atoms with E-state index < -0.39 is 10.8 Å². The van der Waals surface area contributed by atoms with Crippen molar-refractivity contribution < 1.29 is 9.72 Å². The minimum absolute atomic E-state index is 0.000101. The van der Waals surface area contributed by atoms with Crippen molar-refractivity contribution in [1.82, 2.24) is 9.78 Å². The average molecular weight is 322 g/mol. The zero-order valence-corrected chi connectivity index (χ0v) is 12.6. The molecule has 0 spiro atoms. The lowest BCUT2D eigenvalue weighted by Gasteiger charge is -2.04. The molecule has 0 saturated heterocycles. The molecule has 1 N–H and O–H groups in total. The van der Waals surface area contributed by atoms with E-state index in [1.54, 1.807) is 23.0 Å². The lowest BCUT2D eigenvalue weighted by molar-refractivity contribution is -0.385. The first-order chi connectivity index (χ1) is 11.6. The molecule has 7 heteroatoms. The van der Waals surface area contributed by atoms with Gasteiger partial charge in [-0.1, -0.05) is 42.5 Å². The number of carbonyl (C=O) groups excluding carboxylic acids is 1. The van der Waals surface area contributed by atoms with Gasteiger partial charge < -0.3 is 5.32 Å². The van der Waals surface area contributed by atoms with Gasteiger partial charge in [-0.2, -0.15) is 5.10 Å². The number of nitrogens with zero attached hydrogens (tertiary/aromatic N) is 3. The molecule has 3 aromatic rings. The van der Waals surface area contributed by atoms with Gasteiger partial charge in [0.25, 0.3) is 11.6 Å². The van der Waals surface area contributed by atoms with Gasteiger partial charge in [-0.3, -0.25) is 19.6 Å². The van der Waals surface area contributed by atoms with E-state index in [0.29, 0.717) is 12.4 Å². The number of rotatable bonds is 5. The highest BCUT2D eigenvalue weighted by Gasteiger charge is 2.19. The third kappa shape index (κ3) is 3.46. The molecule has 0 radical (unpaired) electrons. The monoisotopic (exact) mass is 322 g/mol. The van der Waals surface area contributed by atoms with Gasteiger partial charge in [-0.25, -0.2) is 0 Å². The van der Waals surface area contributed by atoms with Crippen molar-refractivity contribution in [1.29, 1.82) is 0 Å². The van der Waals surface area contributed by atoms with Crippen molar-refractivity contribution in [2.24, 2.45) is 0 Å². The van der Waals surface area contributed by atoms with Crippen LogP contribution in [0, 0.1) is 10.1 Å². The molecular formula is C17H14N4O3. The van der Waals surface area contributed by atoms with E-state index in [4.69, 9.17) is 0 Å². The summed E-state index contributed by atoms with van der Waals surface area (Å²) in [5, 5.41) is 17.8. The summed E-state index contributed by atoms with van der Waals surface area (Å²) in [6.45, 7) is 0.572. The van der Waals surface area contributed by atoms with Crippen molar-refractivity contribution in [3.8, 4) is 0 Å². The number of hydrogen-bond acceptors (Lipinski definition) is 4. The molecule has 1 aromatic heterocycles. The molecule has 0 aliphatic rings. The van der Waals surface area contributed by atoms with E-state index >= 15 is 0 Å². The third-order valence-electron chi connectivity index (χ3n) is 3.42. The van der Waals surface area contributed by atoms with Crippen molar-refractivity contribution in [3.05, 3.63) is 88.1 Å². The predicted molar refractivity (Wildman–Crippen MR) is 88.8 cm³/mol. The topological polar surface area (TPSA) is 90.1 Å². The van der Waals surface area contributed by atoms with Crippen LogP contribution in [0.25, 0.3) is 0 Å². The molecular weight excluding hydrogens is 308 g/mol. The number of aromatic nitrogens is 2. The molecule has 0 fully saturated rings. The first-order valence-electron chi connectivity index (χ1n) is 7.25. The van der Waals surface area contributed by atoms with Crippen LogP contribution in [0.2, 0.25) is 0 Å². The van der Waals surface area contributed by atoms with Crippen LogP contribution in [0.4, 0.5) is 11.5 Å². The van der Waals surface area contributed by atoms with Crippen LogP contribution >= 0.6 is 0 Å². The van der Waals surface area contributed by atoms with Gasteiger partial charge in [0.1, 0.15) is 5.56 Å². The molecule has 0 unspecified atom stereocenters. The Morgan fingerprint density at radius 3 is 2.54 bits per heavy atom. The molecule has 1 heterocycles. The van der Waals surface area contributed by atoms with E-state index in [1.165, 1.54) is 18.2 Å². The number of anilines is 1. The summed E-state index contributed by atoms with van der Waals surface area (Å²) in [5.41, 5.74) is 0.844. The summed E-state index contributed by atoms with van der Waals surface area (Å²) in [6.07, 6.45) is 1.74. The van der Waals surface area contributed by atoms with Gasteiger partial charge >= 0.3 is 0 Å². The Hall–Kier alpha value is -3.48. The Balaban J connectivity index is 1.73. The second kappa shape index (κ2) is 6.74. The number of para-hydroxylation sites is 1.